The van der Waals surface area contributed by atoms with E-state index in [0.717, 1.165) is 9.78 Å². The molecule has 2 aliphatic carbocycles. The third-order valence-electron chi connectivity index (χ3n) is 8.58. The number of amides is 4. The SMILES string of the molecule is O=C1[C@H]2[C@H](CC=C3[C@H]2C[C@@]2(Cl)C(=O)N(CBr)C(=O)[C@@]2(Cl)[C@H]3c2ccccc2OCCO)C(=O)N1Cc1cccs1. The van der Waals surface area contributed by atoms with Crippen LogP contribution in [0, 0.1) is 17.8 Å². The Hall–Kier alpha value is -2.24. The second-order valence-electron chi connectivity index (χ2n) is 10.4. The fraction of sp³-hybridized carbons (Fsp3) is 0.429. The van der Waals surface area contributed by atoms with Crippen LogP contribution in [0.5, 0.6) is 5.75 Å². The zero-order chi connectivity index (χ0) is 28.4. The molecule has 2 aromatic rings. The van der Waals surface area contributed by atoms with Crippen LogP contribution in [0.2, 0.25) is 0 Å². The molecular weight excluding hydrogens is 643 g/mol. The highest BCUT2D eigenvalue weighted by Crippen LogP contribution is 2.66. The lowest BCUT2D eigenvalue weighted by Crippen LogP contribution is -2.60. The Morgan fingerprint density at radius 2 is 1.80 bits per heavy atom. The average Bonchev–Trinajstić information content (AvgIpc) is 3.59. The Kier molecular flexibility index (Phi) is 7.14. The molecule has 8 nitrogen and oxygen atoms in total. The maximum absolute atomic E-state index is 13.9. The first-order chi connectivity index (χ1) is 19.2. The van der Waals surface area contributed by atoms with Crippen LogP contribution in [0.1, 0.15) is 29.2 Å². The van der Waals surface area contributed by atoms with Crippen LogP contribution in [0.25, 0.3) is 0 Å². The number of hydrogen-bond acceptors (Lipinski definition) is 7. The Balaban J connectivity index is 1.50. The molecule has 1 aromatic carbocycles. The lowest BCUT2D eigenvalue weighted by atomic mass is 9.56. The number of halogens is 3. The maximum Gasteiger partial charge on any atom is 0.254 e. The van der Waals surface area contributed by atoms with Gasteiger partial charge in [0.15, 0.2) is 9.75 Å². The Morgan fingerprint density at radius 3 is 2.50 bits per heavy atom. The number of aliphatic hydroxyl groups excluding tert-OH is 1. The number of carbonyl (C=O) groups excluding carboxylic acids is 4. The quantitative estimate of drug-likeness (QED) is 0.207. The molecular formula is C28H25BrCl2N2O6S. The number of fused-ring (bicyclic) bond motifs is 4. The number of imide groups is 2. The van der Waals surface area contributed by atoms with E-state index < -0.39 is 45.2 Å². The fourth-order valence-corrected chi connectivity index (χ4v) is 8.99. The summed E-state index contributed by atoms with van der Waals surface area (Å²) in [5.41, 5.74) is 1.13. The molecule has 0 unspecified atom stereocenters. The topological polar surface area (TPSA) is 104 Å². The number of rotatable bonds is 7. The van der Waals surface area contributed by atoms with Gasteiger partial charge in [0.25, 0.3) is 11.8 Å². The van der Waals surface area contributed by atoms with Crippen molar-refractivity contribution in [1.29, 1.82) is 0 Å². The lowest BCUT2D eigenvalue weighted by Gasteiger charge is -2.51. The summed E-state index contributed by atoms with van der Waals surface area (Å²) in [4.78, 5) is 54.5. The average molecular weight is 668 g/mol. The van der Waals surface area contributed by atoms with E-state index in [1.165, 1.54) is 16.2 Å². The summed E-state index contributed by atoms with van der Waals surface area (Å²) in [6, 6.07) is 10.7. The molecule has 210 valence electrons. The van der Waals surface area contributed by atoms with E-state index in [4.69, 9.17) is 27.9 Å². The number of alkyl halides is 3. The van der Waals surface area contributed by atoms with E-state index in [0.29, 0.717) is 23.3 Å². The van der Waals surface area contributed by atoms with Gasteiger partial charge in [0.2, 0.25) is 11.8 Å². The third kappa shape index (κ3) is 3.79. The van der Waals surface area contributed by atoms with Crippen molar-refractivity contribution < 1.29 is 29.0 Å². The molecule has 12 heteroatoms. The number of carbonyl (C=O) groups is 4. The van der Waals surface area contributed by atoms with Crippen molar-refractivity contribution in [2.24, 2.45) is 17.8 Å². The van der Waals surface area contributed by atoms with Crippen LogP contribution in [-0.4, -0.2) is 67.0 Å². The van der Waals surface area contributed by atoms with Gasteiger partial charge < -0.3 is 9.84 Å². The van der Waals surface area contributed by atoms with Gasteiger partial charge in [0.1, 0.15) is 12.4 Å². The first kappa shape index (κ1) is 27.9. The van der Waals surface area contributed by atoms with Crippen LogP contribution in [0.3, 0.4) is 0 Å². The molecule has 2 aliphatic heterocycles. The van der Waals surface area contributed by atoms with Crippen molar-refractivity contribution in [3.05, 3.63) is 63.9 Å². The number of ether oxygens (including phenoxy) is 1. The first-order valence-electron chi connectivity index (χ1n) is 12.9. The maximum atomic E-state index is 13.9. The van der Waals surface area contributed by atoms with Gasteiger partial charge >= 0.3 is 0 Å². The Morgan fingerprint density at radius 1 is 1.02 bits per heavy atom. The zero-order valence-corrected chi connectivity index (χ0v) is 25.0. The predicted molar refractivity (Wildman–Crippen MR) is 152 cm³/mol. The third-order valence-corrected chi connectivity index (χ3v) is 11.4. The number of allylic oxidation sites excluding steroid dienone is 2. The first-order valence-corrected chi connectivity index (χ1v) is 15.6. The largest absolute Gasteiger partial charge is 0.491 e. The van der Waals surface area contributed by atoms with Gasteiger partial charge in [-0.15, -0.1) is 34.5 Å². The minimum atomic E-state index is -1.91. The summed E-state index contributed by atoms with van der Waals surface area (Å²) in [6.07, 6.45) is 2.13. The van der Waals surface area contributed by atoms with Gasteiger partial charge in [0.05, 0.1) is 30.4 Å². The summed E-state index contributed by atoms with van der Waals surface area (Å²) in [5.74, 6) is -4.30. The van der Waals surface area contributed by atoms with E-state index in [-0.39, 0.29) is 43.4 Å². The van der Waals surface area contributed by atoms with Crippen LogP contribution < -0.4 is 4.74 Å². The Labute approximate surface area is 253 Å². The molecule has 40 heavy (non-hydrogen) atoms. The molecule has 1 saturated carbocycles. The summed E-state index contributed by atoms with van der Waals surface area (Å²) >= 11 is 19.2. The zero-order valence-electron chi connectivity index (χ0n) is 21.1. The molecule has 2 saturated heterocycles. The summed E-state index contributed by atoms with van der Waals surface area (Å²) < 4.78 is 5.84. The minimum absolute atomic E-state index is 0.00326. The standard InChI is InChI=1S/C28H25BrCl2N2O6S/c29-14-33-25(37)27(30)12-19-16(7-8-18-21(19)24(36)32(23(18)35)13-15-4-3-11-40-15)22(28(27,31)26(33)38)17-5-1-2-6-20(17)39-10-9-34/h1-7,11,18-19,21-22,34H,8-10,12-14H2/t18-,19+,21-,22+,27+,28-/m0/s1. The number of aliphatic hydroxyl groups is 1. The highest BCUT2D eigenvalue weighted by atomic mass is 79.9. The van der Waals surface area contributed by atoms with Gasteiger partial charge in [-0.05, 0) is 36.3 Å². The van der Waals surface area contributed by atoms with E-state index in [1.807, 2.05) is 23.6 Å². The number of para-hydroxylation sites is 1. The van der Waals surface area contributed by atoms with E-state index in [2.05, 4.69) is 15.9 Å². The highest BCUT2D eigenvalue weighted by Gasteiger charge is 2.76. The van der Waals surface area contributed by atoms with Gasteiger partial charge in [-0.2, -0.15) is 0 Å². The smallest absolute Gasteiger partial charge is 0.254 e. The molecule has 4 aliphatic rings. The molecule has 0 spiro atoms. The van der Waals surface area contributed by atoms with Gasteiger partial charge in [-0.3, -0.25) is 29.0 Å². The van der Waals surface area contributed by atoms with Crippen LogP contribution in [0.4, 0.5) is 0 Å². The monoisotopic (exact) mass is 666 g/mol. The minimum Gasteiger partial charge on any atom is -0.491 e. The van der Waals surface area contributed by atoms with Crippen LogP contribution >= 0.6 is 50.5 Å². The Bertz CT molecular complexity index is 1440. The van der Waals surface area contributed by atoms with E-state index >= 15 is 0 Å². The molecule has 6 atom stereocenters. The highest BCUT2D eigenvalue weighted by molar-refractivity contribution is 9.09. The number of benzene rings is 1. The molecule has 1 aromatic heterocycles. The number of thiophene rings is 1. The van der Waals surface area contributed by atoms with Crippen molar-refractivity contribution in [1.82, 2.24) is 9.80 Å². The lowest BCUT2D eigenvalue weighted by molar-refractivity contribution is -0.141. The summed E-state index contributed by atoms with van der Waals surface area (Å²) in [6.45, 7) is -0.0415. The second kappa shape index (κ2) is 10.2. The normalized spacial score (nSPS) is 33.1. The van der Waals surface area contributed by atoms with Crippen LogP contribution in [0.15, 0.2) is 53.4 Å². The van der Waals surface area contributed by atoms with Gasteiger partial charge in [0, 0.05) is 16.4 Å². The molecule has 0 radical (unpaired) electrons. The van der Waals surface area contributed by atoms with Crippen molar-refractivity contribution in [2.45, 2.75) is 35.1 Å². The summed E-state index contributed by atoms with van der Waals surface area (Å²) in [5, 5.41) is 11.3. The van der Waals surface area contributed by atoms with Crippen LogP contribution in [-0.2, 0) is 25.7 Å². The molecule has 4 amide bonds. The molecule has 1 N–H and O–H groups in total. The number of nitrogens with zero attached hydrogens (tertiary/aromatic N) is 2. The van der Waals surface area contributed by atoms with Gasteiger partial charge in [-0.1, -0.05) is 51.8 Å². The van der Waals surface area contributed by atoms with Crippen molar-refractivity contribution >= 4 is 74.1 Å². The second-order valence-corrected chi connectivity index (χ2v) is 13.2. The predicted octanol–water partition coefficient (Wildman–Crippen LogP) is 4.03. The van der Waals surface area contributed by atoms with Crippen molar-refractivity contribution in [3.8, 4) is 5.75 Å². The summed E-state index contributed by atoms with van der Waals surface area (Å²) in [7, 11) is 0. The number of hydrogen-bond donors (Lipinski definition) is 1. The fourth-order valence-electron chi connectivity index (χ4n) is 6.88. The molecule has 0 bridgehead atoms. The van der Waals surface area contributed by atoms with Gasteiger partial charge in [-0.25, -0.2) is 0 Å². The molecule has 3 fully saturated rings. The van der Waals surface area contributed by atoms with E-state index in [9.17, 15) is 24.3 Å². The van der Waals surface area contributed by atoms with Crippen molar-refractivity contribution in [2.75, 3.05) is 18.7 Å². The molecule has 6 rings (SSSR count). The van der Waals surface area contributed by atoms with E-state index in [1.54, 1.807) is 24.3 Å². The van der Waals surface area contributed by atoms with Crippen molar-refractivity contribution in [3.63, 3.8) is 0 Å². The number of likely N-dealkylation sites (tertiary alicyclic amines) is 2. The molecule has 3 heterocycles.